The number of nitrogens with one attached hydrogen (secondary N) is 1. The van der Waals surface area contributed by atoms with Crippen molar-refractivity contribution in [3.8, 4) is 0 Å². The van der Waals surface area contributed by atoms with Gasteiger partial charge in [0.15, 0.2) is 5.13 Å². The molecule has 7 heteroatoms. The first-order valence-corrected chi connectivity index (χ1v) is 9.18. The van der Waals surface area contributed by atoms with Crippen LogP contribution in [0.25, 0.3) is 11.0 Å². The summed E-state index contributed by atoms with van der Waals surface area (Å²) in [6, 6.07) is 15.6. The van der Waals surface area contributed by atoms with Gasteiger partial charge in [0.25, 0.3) is 5.91 Å². The number of fused-ring (bicyclic) bond motifs is 1. The SMILES string of the molecule is CCn1nnc2cc(C(=O)Nc3ncc(Cc4ccccc4)s3)ccc21. The van der Waals surface area contributed by atoms with E-state index in [9.17, 15) is 4.79 Å². The maximum Gasteiger partial charge on any atom is 0.257 e. The Balaban J connectivity index is 1.48. The van der Waals surface area contributed by atoms with E-state index in [4.69, 9.17) is 0 Å². The first-order valence-electron chi connectivity index (χ1n) is 8.36. The molecule has 0 radical (unpaired) electrons. The van der Waals surface area contributed by atoms with E-state index in [1.165, 1.54) is 16.9 Å². The molecule has 2 heterocycles. The fourth-order valence-electron chi connectivity index (χ4n) is 2.76. The van der Waals surface area contributed by atoms with Crippen LogP contribution in [0.4, 0.5) is 5.13 Å². The van der Waals surface area contributed by atoms with Crippen LogP contribution in [-0.4, -0.2) is 25.9 Å². The van der Waals surface area contributed by atoms with Crippen molar-refractivity contribution in [2.24, 2.45) is 0 Å². The minimum Gasteiger partial charge on any atom is -0.298 e. The molecule has 1 amide bonds. The van der Waals surface area contributed by atoms with Crippen molar-refractivity contribution < 1.29 is 4.79 Å². The van der Waals surface area contributed by atoms with Gasteiger partial charge in [0.2, 0.25) is 0 Å². The summed E-state index contributed by atoms with van der Waals surface area (Å²) in [5, 5.41) is 11.6. The van der Waals surface area contributed by atoms with Gasteiger partial charge in [-0.15, -0.1) is 16.4 Å². The summed E-state index contributed by atoms with van der Waals surface area (Å²) in [5.74, 6) is -0.196. The van der Waals surface area contributed by atoms with Crippen molar-refractivity contribution in [2.75, 3.05) is 5.32 Å². The highest BCUT2D eigenvalue weighted by molar-refractivity contribution is 7.15. The minimum atomic E-state index is -0.196. The van der Waals surface area contributed by atoms with Crippen LogP contribution < -0.4 is 5.32 Å². The molecule has 0 fully saturated rings. The lowest BCUT2D eigenvalue weighted by Gasteiger charge is -2.02. The van der Waals surface area contributed by atoms with Crippen LogP contribution in [0.15, 0.2) is 54.7 Å². The predicted octanol–water partition coefficient (Wildman–Crippen LogP) is 3.75. The smallest absolute Gasteiger partial charge is 0.257 e. The number of rotatable bonds is 5. The van der Waals surface area contributed by atoms with Gasteiger partial charge in [-0.2, -0.15) is 0 Å². The average Bonchev–Trinajstić information content (AvgIpc) is 3.28. The first kappa shape index (κ1) is 16.4. The molecule has 2 aromatic heterocycles. The lowest BCUT2D eigenvalue weighted by molar-refractivity contribution is 0.102. The van der Waals surface area contributed by atoms with Gasteiger partial charge in [-0.25, -0.2) is 9.67 Å². The molecule has 0 spiro atoms. The van der Waals surface area contributed by atoms with Crippen LogP contribution in [0.1, 0.15) is 27.7 Å². The Morgan fingerprint density at radius 3 is 2.85 bits per heavy atom. The Morgan fingerprint density at radius 2 is 2.04 bits per heavy atom. The fourth-order valence-corrected chi connectivity index (χ4v) is 3.60. The van der Waals surface area contributed by atoms with E-state index >= 15 is 0 Å². The number of benzene rings is 2. The van der Waals surface area contributed by atoms with Gasteiger partial charge in [0.05, 0.1) is 5.52 Å². The van der Waals surface area contributed by atoms with Crippen molar-refractivity contribution in [1.82, 2.24) is 20.0 Å². The quantitative estimate of drug-likeness (QED) is 0.586. The third-order valence-electron chi connectivity index (χ3n) is 4.07. The normalized spacial score (nSPS) is 11.0. The van der Waals surface area contributed by atoms with Gasteiger partial charge in [-0.3, -0.25) is 10.1 Å². The van der Waals surface area contributed by atoms with E-state index < -0.39 is 0 Å². The zero-order chi connectivity index (χ0) is 17.9. The molecule has 2 aromatic carbocycles. The summed E-state index contributed by atoms with van der Waals surface area (Å²) in [5.41, 5.74) is 3.39. The molecule has 0 aliphatic rings. The molecule has 0 bridgehead atoms. The number of carbonyl (C=O) groups excluding carboxylic acids is 1. The molecule has 0 atom stereocenters. The van der Waals surface area contributed by atoms with Crippen LogP contribution in [0.5, 0.6) is 0 Å². The van der Waals surface area contributed by atoms with E-state index in [1.54, 1.807) is 16.8 Å². The number of thiazole rings is 1. The van der Waals surface area contributed by atoms with Crippen LogP contribution in [0.2, 0.25) is 0 Å². The highest BCUT2D eigenvalue weighted by Crippen LogP contribution is 2.22. The number of carbonyl (C=O) groups is 1. The molecule has 0 aliphatic carbocycles. The Labute approximate surface area is 154 Å². The summed E-state index contributed by atoms with van der Waals surface area (Å²) in [6.45, 7) is 2.75. The fraction of sp³-hybridized carbons (Fsp3) is 0.158. The zero-order valence-corrected chi connectivity index (χ0v) is 15.0. The van der Waals surface area contributed by atoms with Crippen molar-refractivity contribution >= 4 is 33.4 Å². The van der Waals surface area contributed by atoms with E-state index in [1.807, 2.05) is 37.4 Å². The second-order valence-electron chi connectivity index (χ2n) is 5.86. The highest BCUT2D eigenvalue weighted by atomic mass is 32.1. The van der Waals surface area contributed by atoms with Crippen LogP contribution >= 0.6 is 11.3 Å². The third-order valence-corrected chi connectivity index (χ3v) is 4.98. The summed E-state index contributed by atoms with van der Waals surface area (Å²) < 4.78 is 1.80. The van der Waals surface area contributed by atoms with Crippen molar-refractivity contribution in [2.45, 2.75) is 19.9 Å². The summed E-state index contributed by atoms with van der Waals surface area (Å²) in [4.78, 5) is 17.9. The Hall–Kier alpha value is -3.06. The molecule has 1 N–H and O–H groups in total. The first-order chi connectivity index (χ1) is 12.7. The number of nitrogens with zero attached hydrogens (tertiary/aromatic N) is 4. The number of anilines is 1. The lowest BCUT2D eigenvalue weighted by atomic mass is 10.1. The largest absolute Gasteiger partial charge is 0.298 e. The maximum atomic E-state index is 12.5. The van der Waals surface area contributed by atoms with Gasteiger partial charge >= 0.3 is 0 Å². The van der Waals surface area contributed by atoms with Gasteiger partial charge in [0.1, 0.15) is 5.52 Å². The average molecular weight is 363 g/mol. The molecular weight excluding hydrogens is 346 g/mol. The molecule has 4 rings (SSSR count). The van der Waals surface area contributed by atoms with Gasteiger partial charge in [-0.1, -0.05) is 35.5 Å². The lowest BCUT2D eigenvalue weighted by Crippen LogP contribution is -2.11. The van der Waals surface area contributed by atoms with Crippen molar-refractivity contribution in [3.63, 3.8) is 0 Å². The topological polar surface area (TPSA) is 72.7 Å². The maximum absolute atomic E-state index is 12.5. The Kier molecular flexibility index (Phi) is 4.45. The van der Waals surface area contributed by atoms with Crippen LogP contribution in [0.3, 0.4) is 0 Å². The molecule has 0 saturated carbocycles. The molecule has 4 aromatic rings. The predicted molar refractivity (Wildman–Crippen MR) is 103 cm³/mol. The number of hydrogen-bond acceptors (Lipinski definition) is 5. The van der Waals surface area contributed by atoms with E-state index in [0.717, 1.165) is 23.4 Å². The number of aryl methyl sites for hydroxylation is 1. The van der Waals surface area contributed by atoms with Crippen LogP contribution in [-0.2, 0) is 13.0 Å². The van der Waals surface area contributed by atoms with Crippen molar-refractivity contribution in [1.29, 1.82) is 0 Å². The summed E-state index contributed by atoms with van der Waals surface area (Å²) in [7, 11) is 0. The summed E-state index contributed by atoms with van der Waals surface area (Å²) in [6.07, 6.45) is 2.61. The van der Waals surface area contributed by atoms with Gasteiger partial charge < -0.3 is 0 Å². The third kappa shape index (κ3) is 3.34. The van der Waals surface area contributed by atoms with E-state index in [-0.39, 0.29) is 5.91 Å². The molecule has 6 nitrogen and oxygen atoms in total. The molecule has 26 heavy (non-hydrogen) atoms. The molecule has 0 saturated heterocycles. The highest BCUT2D eigenvalue weighted by Gasteiger charge is 2.12. The van der Waals surface area contributed by atoms with Crippen molar-refractivity contribution in [3.05, 3.63) is 70.7 Å². The number of amides is 1. The standard InChI is InChI=1S/C19H17N5OS/c1-2-24-17-9-8-14(11-16(17)22-23-24)18(25)21-19-20-12-15(26-19)10-13-6-4-3-5-7-13/h3-9,11-12H,2,10H2,1H3,(H,20,21,25). The Morgan fingerprint density at radius 1 is 1.19 bits per heavy atom. The Bertz CT molecular complexity index is 1050. The molecule has 0 unspecified atom stereocenters. The van der Waals surface area contributed by atoms with Gasteiger partial charge in [0, 0.05) is 29.6 Å². The number of hydrogen-bond donors (Lipinski definition) is 1. The monoisotopic (exact) mass is 363 g/mol. The molecule has 0 aliphatic heterocycles. The zero-order valence-electron chi connectivity index (χ0n) is 14.2. The summed E-state index contributed by atoms with van der Waals surface area (Å²) >= 11 is 1.49. The van der Waals surface area contributed by atoms with Gasteiger partial charge in [-0.05, 0) is 30.7 Å². The van der Waals surface area contributed by atoms with E-state index in [0.29, 0.717) is 16.2 Å². The molecular formula is C19H17N5OS. The molecule has 130 valence electrons. The second kappa shape index (κ2) is 7.05. The second-order valence-corrected chi connectivity index (χ2v) is 6.97. The van der Waals surface area contributed by atoms with Crippen LogP contribution in [0, 0.1) is 0 Å². The number of aromatic nitrogens is 4. The minimum absolute atomic E-state index is 0.196. The van der Waals surface area contributed by atoms with E-state index in [2.05, 4.69) is 32.7 Å².